The highest BCUT2D eigenvalue weighted by atomic mass is 32.1. The lowest BCUT2D eigenvalue weighted by atomic mass is 10.1. The number of hydrogen-bond donors (Lipinski definition) is 1. The smallest absolute Gasteiger partial charge is 0.212 e. The van der Waals surface area contributed by atoms with Gasteiger partial charge in [-0.1, -0.05) is 6.07 Å². The van der Waals surface area contributed by atoms with Gasteiger partial charge in [0, 0.05) is 29.1 Å². The zero-order valence-corrected chi connectivity index (χ0v) is 14.1. The van der Waals surface area contributed by atoms with E-state index in [1.54, 1.807) is 19.2 Å². The molecule has 124 valence electrons. The van der Waals surface area contributed by atoms with Crippen LogP contribution in [-0.2, 0) is 0 Å². The lowest BCUT2D eigenvalue weighted by Gasteiger charge is -2.03. The summed E-state index contributed by atoms with van der Waals surface area (Å²) in [6.45, 7) is 0. The van der Waals surface area contributed by atoms with Crippen LogP contribution in [-0.4, -0.2) is 17.0 Å². The van der Waals surface area contributed by atoms with Gasteiger partial charge in [0.15, 0.2) is 0 Å². The second-order valence-corrected chi connectivity index (χ2v) is 6.55. The topological polar surface area (TPSA) is 37.8 Å². The molecule has 0 amide bonds. The number of thiophene rings is 1. The number of hydrogen-bond acceptors (Lipinski definition) is 4. The molecule has 0 saturated heterocycles. The zero-order chi connectivity index (χ0) is 17.4. The van der Waals surface area contributed by atoms with Crippen LogP contribution in [0.3, 0.4) is 0 Å². The molecule has 1 aromatic carbocycles. The van der Waals surface area contributed by atoms with E-state index in [4.69, 9.17) is 0 Å². The molecule has 4 aromatic rings. The molecule has 6 heteroatoms. The van der Waals surface area contributed by atoms with Gasteiger partial charge in [0.05, 0.1) is 11.4 Å². The summed E-state index contributed by atoms with van der Waals surface area (Å²) in [5, 5.41) is 3.80. The van der Waals surface area contributed by atoms with Crippen molar-refractivity contribution in [3.8, 4) is 21.7 Å². The molecule has 4 rings (SSSR count). The summed E-state index contributed by atoms with van der Waals surface area (Å²) < 4.78 is 27.0. The molecule has 3 nitrogen and oxygen atoms in total. The largest absolute Gasteiger partial charge is 0.386 e. The number of nitrogens with one attached hydrogen (secondary N) is 1. The van der Waals surface area contributed by atoms with Crippen molar-refractivity contribution < 1.29 is 8.78 Å². The molecule has 0 saturated carbocycles. The monoisotopic (exact) mass is 353 g/mol. The molecule has 0 aliphatic heterocycles. The molecule has 3 heterocycles. The van der Waals surface area contributed by atoms with Gasteiger partial charge in [-0.3, -0.25) is 0 Å². The van der Waals surface area contributed by atoms with Crippen LogP contribution < -0.4 is 5.32 Å². The van der Waals surface area contributed by atoms with Gasteiger partial charge >= 0.3 is 0 Å². The van der Waals surface area contributed by atoms with Crippen LogP contribution in [0.4, 0.5) is 14.5 Å². The third kappa shape index (κ3) is 2.96. The Kier molecular flexibility index (Phi) is 3.89. The first-order chi connectivity index (χ1) is 12.1. The quantitative estimate of drug-likeness (QED) is 0.505. The highest BCUT2D eigenvalue weighted by molar-refractivity contribution is 7.21. The maximum atomic E-state index is 14.0. The molecule has 0 aliphatic rings. The summed E-state index contributed by atoms with van der Waals surface area (Å²) in [6, 6.07) is 13.9. The number of rotatable bonds is 3. The van der Waals surface area contributed by atoms with Crippen molar-refractivity contribution in [2.24, 2.45) is 0 Å². The van der Waals surface area contributed by atoms with Crippen molar-refractivity contribution in [3.05, 3.63) is 66.5 Å². The molecule has 0 atom stereocenters. The highest BCUT2D eigenvalue weighted by Gasteiger charge is 2.10. The first-order valence-corrected chi connectivity index (χ1v) is 8.46. The molecular formula is C19H13F2N3S. The fourth-order valence-electron chi connectivity index (χ4n) is 2.62. The Bertz CT molecular complexity index is 1060. The van der Waals surface area contributed by atoms with Crippen LogP contribution >= 0.6 is 11.3 Å². The van der Waals surface area contributed by atoms with E-state index >= 15 is 0 Å². The fraction of sp³-hybridized carbons (Fsp3) is 0.0526. The second kappa shape index (κ2) is 6.22. The minimum atomic E-state index is -0.518. The molecule has 0 spiro atoms. The van der Waals surface area contributed by atoms with Crippen LogP contribution in [0.25, 0.3) is 31.9 Å². The van der Waals surface area contributed by atoms with E-state index in [0.717, 1.165) is 31.9 Å². The van der Waals surface area contributed by atoms with Crippen molar-refractivity contribution in [1.29, 1.82) is 0 Å². The molecule has 3 aromatic heterocycles. The molecular weight excluding hydrogens is 340 g/mol. The van der Waals surface area contributed by atoms with Gasteiger partial charge in [-0.25, -0.2) is 14.4 Å². The number of aromatic nitrogens is 2. The van der Waals surface area contributed by atoms with E-state index in [2.05, 4.69) is 15.3 Å². The van der Waals surface area contributed by atoms with Gasteiger partial charge in [0.1, 0.15) is 10.6 Å². The SMILES string of the molecule is CNc1ccc(-c2cc3ccc(-c4ccc(F)nc4)nc3s2)cc1F. The number of benzene rings is 1. The Hall–Kier alpha value is -2.86. The van der Waals surface area contributed by atoms with Crippen molar-refractivity contribution in [1.82, 2.24) is 9.97 Å². The van der Waals surface area contributed by atoms with Gasteiger partial charge in [-0.15, -0.1) is 11.3 Å². The van der Waals surface area contributed by atoms with E-state index in [9.17, 15) is 8.78 Å². The fourth-order valence-corrected chi connectivity index (χ4v) is 3.65. The second-order valence-electron chi connectivity index (χ2n) is 5.52. The normalized spacial score (nSPS) is 11.0. The molecule has 0 unspecified atom stereocenters. The average molecular weight is 353 g/mol. The van der Waals surface area contributed by atoms with Crippen LogP contribution in [0.2, 0.25) is 0 Å². The Morgan fingerprint density at radius 2 is 1.80 bits per heavy atom. The van der Waals surface area contributed by atoms with Crippen molar-refractivity contribution >= 4 is 27.2 Å². The van der Waals surface area contributed by atoms with Crippen molar-refractivity contribution in [2.75, 3.05) is 12.4 Å². The Morgan fingerprint density at radius 3 is 2.52 bits per heavy atom. The highest BCUT2D eigenvalue weighted by Crippen LogP contribution is 2.35. The standard InChI is InChI=1S/C19H13F2N3S/c1-22-16-6-2-11(8-14(16)20)17-9-12-3-5-15(24-19(12)25-17)13-4-7-18(21)23-10-13/h2-10,22H,1H3. The number of anilines is 1. The molecule has 0 aliphatic carbocycles. The number of pyridine rings is 2. The van der Waals surface area contributed by atoms with E-state index in [1.165, 1.54) is 29.7 Å². The Balaban J connectivity index is 1.75. The maximum Gasteiger partial charge on any atom is 0.212 e. The van der Waals surface area contributed by atoms with E-state index in [1.807, 2.05) is 24.3 Å². The van der Waals surface area contributed by atoms with Gasteiger partial charge in [0.25, 0.3) is 0 Å². The van der Waals surface area contributed by atoms with Gasteiger partial charge < -0.3 is 5.32 Å². The summed E-state index contributed by atoms with van der Waals surface area (Å²) in [5.41, 5.74) is 2.76. The van der Waals surface area contributed by atoms with Crippen molar-refractivity contribution in [2.45, 2.75) is 0 Å². The average Bonchev–Trinajstić information content (AvgIpc) is 3.05. The summed E-state index contributed by atoms with van der Waals surface area (Å²) in [6.07, 6.45) is 1.46. The minimum Gasteiger partial charge on any atom is -0.386 e. The van der Waals surface area contributed by atoms with E-state index < -0.39 is 5.95 Å². The van der Waals surface area contributed by atoms with E-state index in [-0.39, 0.29) is 5.82 Å². The summed E-state index contributed by atoms with van der Waals surface area (Å²) in [5.74, 6) is -0.807. The molecule has 0 fully saturated rings. The number of halogens is 2. The first kappa shape index (κ1) is 15.7. The minimum absolute atomic E-state index is 0.288. The number of nitrogens with zero attached hydrogens (tertiary/aromatic N) is 2. The van der Waals surface area contributed by atoms with Crippen molar-refractivity contribution in [3.63, 3.8) is 0 Å². The van der Waals surface area contributed by atoms with Crippen LogP contribution in [0.5, 0.6) is 0 Å². The first-order valence-electron chi connectivity index (χ1n) is 7.64. The van der Waals surface area contributed by atoms with Crippen LogP contribution in [0.1, 0.15) is 0 Å². The molecule has 0 radical (unpaired) electrons. The number of fused-ring (bicyclic) bond motifs is 1. The van der Waals surface area contributed by atoms with Crippen LogP contribution in [0, 0.1) is 11.8 Å². The third-order valence-electron chi connectivity index (χ3n) is 3.93. The van der Waals surface area contributed by atoms with E-state index in [0.29, 0.717) is 5.69 Å². The Morgan fingerprint density at radius 1 is 0.960 bits per heavy atom. The lowest BCUT2D eigenvalue weighted by molar-refractivity contribution is 0.584. The van der Waals surface area contributed by atoms with Crippen LogP contribution in [0.15, 0.2) is 54.7 Å². The molecule has 25 heavy (non-hydrogen) atoms. The summed E-state index contributed by atoms with van der Waals surface area (Å²) >= 11 is 1.49. The maximum absolute atomic E-state index is 14.0. The zero-order valence-electron chi connectivity index (χ0n) is 13.3. The predicted octanol–water partition coefficient (Wildman–Crippen LogP) is 5.35. The van der Waals surface area contributed by atoms with Gasteiger partial charge in [-0.05, 0) is 48.0 Å². The lowest BCUT2D eigenvalue weighted by Crippen LogP contribution is -1.91. The molecule has 0 bridgehead atoms. The third-order valence-corrected chi connectivity index (χ3v) is 5.02. The predicted molar refractivity (Wildman–Crippen MR) is 97.7 cm³/mol. The summed E-state index contributed by atoms with van der Waals surface area (Å²) in [4.78, 5) is 10.1. The van der Waals surface area contributed by atoms with Gasteiger partial charge in [0.2, 0.25) is 5.95 Å². The summed E-state index contributed by atoms with van der Waals surface area (Å²) in [7, 11) is 1.69. The molecule has 1 N–H and O–H groups in total. The Labute approximate surface area is 147 Å². The van der Waals surface area contributed by atoms with Gasteiger partial charge in [-0.2, -0.15) is 4.39 Å².